The summed E-state index contributed by atoms with van der Waals surface area (Å²) in [5.74, 6) is 1.47. The van der Waals surface area contributed by atoms with Crippen molar-refractivity contribution in [3.8, 4) is 0 Å². The zero-order valence-corrected chi connectivity index (χ0v) is 19.6. The van der Waals surface area contributed by atoms with Crippen LogP contribution in [-0.2, 0) is 16.6 Å². The van der Waals surface area contributed by atoms with Crippen molar-refractivity contribution in [3.63, 3.8) is 0 Å². The van der Waals surface area contributed by atoms with Gasteiger partial charge in [-0.05, 0) is 61.2 Å². The molecule has 0 saturated carbocycles. The topological polar surface area (TPSA) is 78.4 Å². The molecular weight excluding hydrogens is 422 g/mol. The van der Waals surface area contributed by atoms with Gasteiger partial charge in [-0.2, -0.15) is 4.31 Å². The summed E-state index contributed by atoms with van der Waals surface area (Å²) >= 11 is 0. The van der Waals surface area contributed by atoms with Crippen LogP contribution in [0.4, 0.5) is 11.6 Å². The minimum Gasteiger partial charge on any atom is -0.365 e. The van der Waals surface area contributed by atoms with Gasteiger partial charge in [0.1, 0.15) is 5.82 Å². The lowest BCUT2D eigenvalue weighted by atomic mass is 10.1. The molecule has 1 aliphatic heterocycles. The third kappa shape index (κ3) is 4.76. The van der Waals surface area contributed by atoms with Crippen LogP contribution in [0.25, 0.3) is 0 Å². The number of rotatable bonds is 6. The van der Waals surface area contributed by atoms with Gasteiger partial charge in [-0.25, -0.2) is 8.42 Å². The van der Waals surface area contributed by atoms with E-state index in [0.29, 0.717) is 43.4 Å². The van der Waals surface area contributed by atoms with Gasteiger partial charge in [0, 0.05) is 32.7 Å². The average Bonchev–Trinajstić information content (AvgIpc) is 2.81. The molecule has 32 heavy (non-hydrogen) atoms. The summed E-state index contributed by atoms with van der Waals surface area (Å²) in [6.07, 6.45) is 0. The largest absolute Gasteiger partial charge is 0.365 e. The van der Waals surface area contributed by atoms with Crippen LogP contribution in [0.2, 0.25) is 0 Å². The van der Waals surface area contributed by atoms with Gasteiger partial charge in [-0.1, -0.05) is 36.4 Å². The van der Waals surface area contributed by atoms with E-state index in [9.17, 15) is 8.42 Å². The Balaban J connectivity index is 1.37. The van der Waals surface area contributed by atoms with E-state index >= 15 is 0 Å². The van der Waals surface area contributed by atoms with Crippen LogP contribution in [0.5, 0.6) is 0 Å². The SMILES string of the molecule is Cc1cc(C)c(S(=O)(=O)N2CCN(c3ccc(NCc4ccccc4)nn3)CC2)cc1C. The first-order valence-electron chi connectivity index (χ1n) is 10.8. The number of hydrogen-bond acceptors (Lipinski definition) is 6. The van der Waals surface area contributed by atoms with Crippen molar-refractivity contribution in [3.05, 3.63) is 76.9 Å². The lowest BCUT2D eigenvalue weighted by Crippen LogP contribution is -2.49. The molecule has 8 heteroatoms. The predicted octanol–water partition coefficient (Wildman–Crippen LogP) is 3.52. The molecule has 1 saturated heterocycles. The van der Waals surface area contributed by atoms with Crippen molar-refractivity contribution in [1.82, 2.24) is 14.5 Å². The molecule has 1 N–H and O–H groups in total. The Kier molecular flexibility index (Phi) is 6.43. The van der Waals surface area contributed by atoms with E-state index in [4.69, 9.17) is 0 Å². The summed E-state index contributed by atoms with van der Waals surface area (Å²) in [5.41, 5.74) is 4.06. The molecule has 168 valence electrons. The second kappa shape index (κ2) is 9.26. The molecule has 0 radical (unpaired) electrons. The summed E-state index contributed by atoms with van der Waals surface area (Å²) in [6, 6.07) is 17.7. The molecule has 0 unspecified atom stereocenters. The molecule has 2 aromatic carbocycles. The molecule has 0 aliphatic carbocycles. The van der Waals surface area contributed by atoms with Crippen LogP contribution in [0.15, 0.2) is 59.5 Å². The molecule has 4 rings (SSSR count). The van der Waals surface area contributed by atoms with E-state index < -0.39 is 10.0 Å². The molecule has 7 nitrogen and oxygen atoms in total. The Morgan fingerprint density at radius 2 is 1.53 bits per heavy atom. The van der Waals surface area contributed by atoms with E-state index in [2.05, 4.69) is 32.5 Å². The number of sulfonamides is 1. The van der Waals surface area contributed by atoms with Gasteiger partial charge in [-0.3, -0.25) is 0 Å². The fourth-order valence-corrected chi connectivity index (χ4v) is 5.60. The number of hydrogen-bond donors (Lipinski definition) is 1. The Labute approximate surface area is 190 Å². The van der Waals surface area contributed by atoms with E-state index in [1.165, 1.54) is 5.56 Å². The third-order valence-corrected chi connectivity index (χ3v) is 7.98. The van der Waals surface area contributed by atoms with E-state index in [1.54, 1.807) is 10.4 Å². The van der Waals surface area contributed by atoms with E-state index in [0.717, 1.165) is 22.5 Å². The normalized spacial score (nSPS) is 15.0. The van der Waals surface area contributed by atoms with Gasteiger partial charge in [-0.15, -0.1) is 10.2 Å². The monoisotopic (exact) mass is 451 g/mol. The fourth-order valence-electron chi connectivity index (χ4n) is 3.89. The van der Waals surface area contributed by atoms with Crippen LogP contribution >= 0.6 is 0 Å². The summed E-state index contributed by atoms with van der Waals surface area (Å²) in [7, 11) is -3.52. The quantitative estimate of drug-likeness (QED) is 0.618. The highest BCUT2D eigenvalue weighted by Crippen LogP contribution is 2.25. The molecule has 3 aromatic rings. The predicted molar refractivity (Wildman–Crippen MR) is 127 cm³/mol. The Morgan fingerprint density at radius 3 is 2.19 bits per heavy atom. The molecule has 0 bridgehead atoms. The Morgan fingerprint density at radius 1 is 0.844 bits per heavy atom. The van der Waals surface area contributed by atoms with E-state index in [1.807, 2.05) is 57.2 Å². The average molecular weight is 452 g/mol. The van der Waals surface area contributed by atoms with Gasteiger partial charge >= 0.3 is 0 Å². The minimum atomic E-state index is -3.52. The summed E-state index contributed by atoms with van der Waals surface area (Å²) in [4.78, 5) is 2.48. The first-order chi connectivity index (χ1) is 15.3. The number of nitrogens with one attached hydrogen (secondary N) is 1. The summed E-state index contributed by atoms with van der Waals surface area (Å²) in [6.45, 7) is 8.49. The molecule has 0 amide bonds. The first-order valence-corrected chi connectivity index (χ1v) is 12.2. The number of aryl methyl sites for hydroxylation is 3. The Bertz CT molecular complexity index is 1170. The molecule has 1 fully saturated rings. The zero-order chi connectivity index (χ0) is 22.7. The van der Waals surface area contributed by atoms with Crippen LogP contribution in [0, 0.1) is 20.8 Å². The standard InChI is InChI=1S/C24H29N5O2S/c1-18-15-20(3)22(16-19(18)2)32(30,31)29-13-11-28(12-14-29)24-10-9-23(26-27-24)25-17-21-7-5-4-6-8-21/h4-10,15-16H,11-14,17H2,1-3H3,(H,25,26). The maximum atomic E-state index is 13.2. The number of piperazine rings is 1. The molecule has 0 spiro atoms. The maximum Gasteiger partial charge on any atom is 0.243 e. The van der Waals surface area contributed by atoms with Gasteiger partial charge in [0.15, 0.2) is 5.82 Å². The van der Waals surface area contributed by atoms with Crippen molar-refractivity contribution in [2.24, 2.45) is 0 Å². The second-order valence-corrected chi connectivity index (χ2v) is 10.1. The van der Waals surface area contributed by atoms with Crippen molar-refractivity contribution < 1.29 is 8.42 Å². The second-order valence-electron chi connectivity index (χ2n) is 8.21. The molecule has 1 aromatic heterocycles. The molecular formula is C24H29N5O2S. The minimum absolute atomic E-state index is 0.405. The fraction of sp³-hybridized carbons (Fsp3) is 0.333. The van der Waals surface area contributed by atoms with Crippen molar-refractivity contribution in [2.45, 2.75) is 32.2 Å². The van der Waals surface area contributed by atoms with Crippen LogP contribution in [0.1, 0.15) is 22.3 Å². The van der Waals surface area contributed by atoms with E-state index in [-0.39, 0.29) is 0 Å². The number of anilines is 2. The van der Waals surface area contributed by atoms with Gasteiger partial charge < -0.3 is 10.2 Å². The van der Waals surface area contributed by atoms with Crippen LogP contribution in [-0.4, -0.2) is 49.1 Å². The molecule has 2 heterocycles. The van der Waals surface area contributed by atoms with Gasteiger partial charge in [0.05, 0.1) is 4.90 Å². The highest BCUT2D eigenvalue weighted by Gasteiger charge is 2.30. The van der Waals surface area contributed by atoms with Crippen molar-refractivity contribution in [2.75, 3.05) is 36.4 Å². The van der Waals surface area contributed by atoms with Gasteiger partial charge in [0.2, 0.25) is 10.0 Å². The van der Waals surface area contributed by atoms with Crippen molar-refractivity contribution in [1.29, 1.82) is 0 Å². The number of nitrogens with zero attached hydrogens (tertiary/aromatic N) is 4. The lowest BCUT2D eigenvalue weighted by molar-refractivity contribution is 0.383. The number of benzene rings is 2. The molecule has 1 aliphatic rings. The smallest absolute Gasteiger partial charge is 0.243 e. The maximum absolute atomic E-state index is 13.2. The number of aromatic nitrogens is 2. The lowest BCUT2D eigenvalue weighted by Gasteiger charge is -2.34. The third-order valence-electron chi connectivity index (χ3n) is 5.94. The van der Waals surface area contributed by atoms with Crippen molar-refractivity contribution >= 4 is 21.7 Å². The van der Waals surface area contributed by atoms with Crippen LogP contribution in [0.3, 0.4) is 0 Å². The summed E-state index contributed by atoms with van der Waals surface area (Å²) < 4.78 is 28.0. The Hall–Kier alpha value is -2.97. The highest BCUT2D eigenvalue weighted by molar-refractivity contribution is 7.89. The highest BCUT2D eigenvalue weighted by atomic mass is 32.2. The zero-order valence-electron chi connectivity index (χ0n) is 18.7. The van der Waals surface area contributed by atoms with Crippen LogP contribution < -0.4 is 10.2 Å². The molecule has 0 atom stereocenters. The summed E-state index contributed by atoms with van der Waals surface area (Å²) in [5, 5.41) is 11.9. The van der Waals surface area contributed by atoms with Gasteiger partial charge in [0.25, 0.3) is 0 Å². The first kappa shape index (κ1) is 22.2.